The second kappa shape index (κ2) is 7.99. The Morgan fingerprint density at radius 1 is 0.966 bits per heavy atom. The van der Waals surface area contributed by atoms with E-state index in [1.54, 1.807) is 5.57 Å². The number of rotatable bonds is 5. The van der Waals surface area contributed by atoms with Crippen LogP contribution in [0.4, 0.5) is 0 Å². The fourth-order valence-corrected chi connectivity index (χ4v) is 8.68. The topological polar surface area (TPSA) is 20.2 Å². The predicted octanol–water partition coefficient (Wildman–Crippen LogP) is 7.63. The second-order valence-corrected chi connectivity index (χ2v) is 12.7. The fourth-order valence-electron chi connectivity index (χ4n) is 8.68. The lowest BCUT2D eigenvalue weighted by Gasteiger charge is -2.58. The molecule has 0 saturated heterocycles. The Labute approximate surface area is 181 Å². The first-order chi connectivity index (χ1) is 13.7. The third-order valence-corrected chi connectivity index (χ3v) is 11.1. The Bertz CT molecular complexity index is 620. The molecule has 0 heterocycles. The molecule has 0 aliphatic heterocycles. The zero-order chi connectivity index (χ0) is 21.0. The predicted molar refractivity (Wildman–Crippen MR) is 124 cm³/mol. The van der Waals surface area contributed by atoms with E-state index in [4.69, 9.17) is 0 Å². The van der Waals surface area contributed by atoms with Gasteiger partial charge in [0, 0.05) is 0 Å². The molecule has 3 fully saturated rings. The van der Waals surface area contributed by atoms with Crippen molar-refractivity contribution in [2.75, 3.05) is 0 Å². The summed E-state index contributed by atoms with van der Waals surface area (Å²) >= 11 is 0. The molecule has 0 radical (unpaired) electrons. The molecule has 9 atom stereocenters. The Morgan fingerprint density at radius 2 is 1.72 bits per heavy atom. The Balaban J connectivity index is 1.49. The molecule has 8 unspecified atom stereocenters. The molecule has 3 saturated carbocycles. The number of aliphatic hydroxyl groups excluding tert-OH is 1. The standard InChI is InChI=1S/C28H48O/c1-18(2)19(3)7-8-20(4)24-11-12-25-23-10-9-21-17-22(29)13-15-27(21,5)26(23)14-16-28(24,25)6/h9,18-20,22-26,29H,7-8,10-17H2,1-6H3/t19?,20?,22?,23?,24?,25?,26?,27-,28?/m0/s1. The highest BCUT2D eigenvalue weighted by Crippen LogP contribution is 2.67. The molecule has 0 bridgehead atoms. The Kier molecular flexibility index (Phi) is 6.04. The van der Waals surface area contributed by atoms with Crippen LogP contribution in [0.15, 0.2) is 11.6 Å². The van der Waals surface area contributed by atoms with E-state index in [0.717, 1.165) is 54.3 Å². The molecule has 29 heavy (non-hydrogen) atoms. The molecule has 1 N–H and O–H groups in total. The highest BCUT2D eigenvalue weighted by atomic mass is 16.3. The van der Waals surface area contributed by atoms with Crippen LogP contribution < -0.4 is 0 Å². The van der Waals surface area contributed by atoms with Gasteiger partial charge in [-0.3, -0.25) is 0 Å². The summed E-state index contributed by atoms with van der Waals surface area (Å²) in [6, 6.07) is 0. The van der Waals surface area contributed by atoms with Crippen LogP contribution in [0.2, 0.25) is 0 Å². The molecule has 1 heteroatoms. The molecular weight excluding hydrogens is 352 g/mol. The van der Waals surface area contributed by atoms with Crippen LogP contribution in [-0.2, 0) is 0 Å². The van der Waals surface area contributed by atoms with Gasteiger partial charge in [-0.1, -0.05) is 66.0 Å². The third-order valence-electron chi connectivity index (χ3n) is 11.1. The maximum atomic E-state index is 10.2. The molecule has 4 rings (SSSR count). The normalized spacial score (nSPS) is 46.5. The molecule has 0 amide bonds. The van der Waals surface area contributed by atoms with E-state index in [0.29, 0.717) is 10.8 Å². The van der Waals surface area contributed by atoms with Crippen LogP contribution in [0.5, 0.6) is 0 Å². The van der Waals surface area contributed by atoms with E-state index < -0.39 is 0 Å². The van der Waals surface area contributed by atoms with Crippen LogP contribution in [0, 0.1) is 52.3 Å². The van der Waals surface area contributed by atoms with Gasteiger partial charge in [-0.25, -0.2) is 0 Å². The quantitative estimate of drug-likeness (QED) is 0.470. The van der Waals surface area contributed by atoms with Crippen molar-refractivity contribution >= 4 is 0 Å². The summed E-state index contributed by atoms with van der Waals surface area (Å²) in [5.74, 6) is 6.24. The van der Waals surface area contributed by atoms with Crippen molar-refractivity contribution in [3.8, 4) is 0 Å². The minimum Gasteiger partial charge on any atom is -0.393 e. The lowest BCUT2D eigenvalue weighted by Crippen LogP contribution is -2.50. The van der Waals surface area contributed by atoms with Crippen LogP contribution in [0.1, 0.15) is 106 Å². The van der Waals surface area contributed by atoms with Crippen LogP contribution >= 0.6 is 0 Å². The molecular formula is C28H48O. The maximum Gasteiger partial charge on any atom is 0.0577 e. The minimum absolute atomic E-state index is 0.0790. The highest BCUT2D eigenvalue weighted by molar-refractivity contribution is 5.25. The van der Waals surface area contributed by atoms with Crippen molar-refractivity contribution in [3.63, 3.8) is 0 Å². The van der Waals surface area contributed by atoms with Crippen molar-refractivity contribution in [2.45, 2.75) is 112 Å². The number of aliphatic hydroxyl groups is 1. The Hall–Kier alpha value is -0.300. The van der Waals surface area contributed by atoms with Gasteiger partial charge in [0.05, 0.1) is 6.10 Å². The molecule has 0 aromatic carbocycles. The molecule has 4 aliphatic carbocycles. The van der Waals surface area contributed by atoms with Gasteiger partial charge in [0.15, 0.2) is 0 Å². The summed E-state index contributed by atoms with van der Waals surface area (Å²) in [6.45, 7) is 15.1. The molecule has 4 aliphatic rings. The van der Waals surface area contributed by atoms with Crippen molar-refractivity contribution in [2.24, 2.45) is 52.3 Å². The van der Waals surface area contributed by atoms with Crippen LogP contribution in [-0.4, -0.2) is 11.2 Å². The summed E-state index contributed by atoms with van der Waals surface area (Å²) < 4.78 is 0. The minimum atomic E-state index is -0.0790. The van der Waals surface area contributed by atoms with Crippen molar-refractivity contribution in [3.05, 3.63) is 11.6 Å². The van der Waals surface area contributed by atoms with E-state index in [1.165, 1.54) is 51.4 Å². The van der Waals surface area contributed by atoms with Crippen molar-refractivity contribution in [1.29, 1.82) is 0 Å². The zero-order valence-electron chi connectivity index (χ0n) is 20.2. The number of allylic oxidation sites excluding steroid dienone is 1. The first kappa shape index (κ1) is 21.9. The smallest absolute Gasteiger partial charge is 0.0577 e. The largest absolute Gasteiger partial charge is 0.393 e. The Morgan fingerprint density at radius 3 is 2.45 bits per heavy atom. The average Bonchev–Trinajstić information content (AvgIpc) is 3.03. The SMILES string of the molecule is CC(C)C(C)CCC(C)C1CCC2C3CC=C4CC(O)CC[C@]4(C)C3CCC12C. The second-order valence-electron chi connectivity index (χ2n) is 12.7. The summed E-state index contributed by atoms with van der Waals surface area (Å²) in [7, 11) is 0. The van der Waals surface area contributed by atoms with E-state index >= 15 is 0 Å². The molecule has 166 valence electrons. The highest BCUT2D eigenvalue weighted by Gasteiger charge is 2.59. The first-order valence-electron chi connectivity index (χ1n) is 13.0. The summed E-state index contributed by atoms with van der Waals surface area (Å²) in [5.41, 5.74) is 2.59. The first-order valence-corrected chi connectivity index (χ1v) is 13.0. The molecule has 0 spiro atoms. The lowest BCUT2D eigenvalue weighted by atomic mass is 9.47. The van der Waals surface area contributed by atoms with Gasteiger partial charge in [-0.15, -0.1) is 0 Å². The van der Waals surface area contributed by atoms with Gasteiger partial charge < -0.3 is 5.11 Å². The fraction of sp³-hybridized carbons (Fsp3) is 0.929. The van der Waals surface area contributed by atoms with Crippen molar-refractivity contribution in [1.82, 2.24) is 0 Å². The third kappa shape index (κ3) is 3.66. The maximum absolute atomic E-state index is 10.2. The van der Waals surface area contributed by atoms with E-state index in [2.05, 4.69) is 47.6 Å². The van der Waals surface area contributed by atoms with E-state index in [1.807, 2.05) is 0 Å². The molecule has 1 nitrogen and oxygen atoms in total. The van der Waals surface area contributed by atoms with Gasteiger partial charge in [0.1, 0.15) is 0 Å². The lowest BCUT2D eigenvalue weighted by molar-refractivity contribution is -0.0574. The van der Waals surface area contributed by atoms with Crippen LogP contribution in [0.25, 0.3) is 0 Å². The summed E-state index contributed by atoms with van der Waals surface area (Å²) in [6.07, 6.45) is 15.7. The summed E-state index contributed by atoms with van der Waals surface area (Å²) in [4.78, 5) is 0. The monoisotopic (exact) mass is 400 g/mol. The zero-order valence-corrected chi connectivity index (χ0v) is 20.2. The van der Waals surface area contributed by atoms with Gasteiger partial charge in [0.2, 0.25) is 0 Å². The van der Waals surface area contributed by atoms with Gasteiger partial charge in [-0.05, 0) is 104 Å². The van der Waals surface area contributed by atoms with E-state index in [9.17, 15) is 5.11 Å². The molecule has 0 aromatic rings. The average molecular weight is 401 g/mol. The van der Waals surface area contributed by atoms with Gasteiger partial charge in [0.25, 0.3) is 0 Å². The van der Waals surface area contributed by atoms with E-state index in [-0.39, 0.29) is 6.10 Å². The number of hydrogen-bond donors (Lipinski definition) is 1. The van der Waals surface area contributed by atoms with Crippen LogP contribution in [0.3, 0.4) is 0 Å². The summed E-state index contributed by atoms with van der Waals surface area (Å²) in [5, 5.41) is 10.2. The van der Waals surface area contributed by atoms with Crippen molar-refractivity contribution < 1.29 is 5.11 Å². The number of fused-ring (bicyclic) bond motifs is 5. The molecule has 0 aromatic heterocycles. The number of hydrogen-bond acceptors (Lipinski definition) is 1. The van der Waals surface area contributed by atoms with Gasteiger partial charge >= 0.3 is 0 Å². The van der Waals surface area contributed by atoms with Gasteiger partial charge in [-0.2, -0.15) is 0 Å².